The van der Waals surface area contributed by atoms with Crippen LogP contribution in [0, 0.1) is 5.92 Å². The Morgan fingerprint density at radius 1 is 1.50 bits per heavy atom. The number of rotatable bonds is 3. The number of nitrogens with two attached hydrogens (primary N) is 1. The quantitative estimate of drug-likeness (QED) is 0.868. The van der Waals surface area contributed by atoms with E-state index in [0.29, 0.717) is 18.0 Å². The van der Waals surface area contributed by atoms with Crippen LogP contribution in [0.4, 0.5) is 0 Å². The van der Waals surface area contributed by atoms with Crippen LogP contribution in [-0.2, 0) is 0 Å². The average Bonchev–Trinajstić information content (AvgIpc) is 2.46. The second-order valence-electron chi connectivity index (χ2n) is 4.81. The first-order chi connectivity index (χ1) is 8.76. The van der Waals surface area contributed by atoms with Gasteiger partial charge in [0.25, 0.3) is 5.91 Å². The third-order valence-electron chi connectivity index (χ3n) is 3.74. The standard InChI is InChI=1S/C13H20N4O/c1-2-10-3-4-17(12(5-10)6-14)13(18)11-7-15-9-16-8-11/h7-10,12H,2-6,14H2,1H3. The lowest BCUT2D eigenvalue weighted by Gasteiger charge is -2.38. The van der Waals surface area contributed by atoms with Crippen molar-refractivity contribution >= 4 is 5.91 Å². The van der Waals surface area contributed by atoms with Crippen molar-refractivity contribution in [3.8, 4) is 0 Å². The molecule has 2 atom stereocenters. The SMILES string of the molecule is CCC1CCN(C(=O)c2cncnc2)C(CN)C1. The fourth-order valence-corrected chi connectivity index (χ4v) is 2.57. The van der Waals surface area contributed by atoms with Gasteiger partial charge in [-0.3, -0.25) is 4.79 Å². The zero-order valence-corrected chi connectivity index (χ0v) is 10.7. The van der Waals surface area contributed by atoms with Gasteiger partial charge in [-0.1, -0.05) is 13.3 Å². The van der Waals surface area contributed by atoms with Crippen molar-refractivity contribution in [1.29, 1.82) is 0 Å². The van der Waals surface area contributed by atoms with Crippen molar-refractivity contribution in [1.82, 2.24) is 14.9 Å². The molecule has 0 aliphatic carbocycles. The first-order valence-electron chi connectivity index (χ1n) is 6.52. The van der Waals surface area contributed by atoms with Crippen LogP contribution in [-0.4, -0.2) is 39.9 Å². The van der Waals surface area contributed by atoms with E-state index < -0.39 is 0 Å². The summed E-state index contributed by atoms with van der Waals surface area (Å²) in [6.07, 6.45) is 7.79. The fourth-order valence-electron chi connectivity index (χ4n) is 2.57. The topological polar surface area (TPSA) is 72.1 Å². The summed E-state index contributed by atoms with van der Waals surface area (Å²) in [5.74, 6) is 0.690. The van der Waals surface area contributed by atoms with Crippen LogP contribution in [0.25, 0.3) is 0 Å². The average molecular weight is 248 g/mol. The number of hydrogen-bond acceptors (Lipinski definition) is 4. The van der Waals surface area contributed by atoms with Crippen molar-refractivity contribution in [3.05, 3.63) is 24.3 Å². The van der Waals surface area contributed by atoms with E-state index in [1.165, 1.54) is 6.33 Å². The van der Waals surface area contributed by atoms with E-state index in [4.69, 9.17) is 5.73 Å². The van der Waals surface area contributed by atoms with Gasteiger partial charge in [0.2, 0.25) is 0 Å². The lowest BCUT2D eigenvalue weighted by atomic mass is 9.88. The van der Waals surface area contributed by atoms with Crippen molar-refractivity contribution in [3.63, 3.8) is 0 Å². The number of piperidine rings is 1. The Labute approximate surface area is 107 Å². The summed E-state index contributed by atoms with van der Waals surface area (Å²) in [5.41, 5.74) is 6.35. The van der Waals surface area contributed by atoms with Crippen molar-refractivity contribution in [2.24, 2.45) is 11.7 Å². The van der Waals surface area contributed by atoms with Crippen LogP contribution in [0.2, 0.25) is 0 Å². The van der Waals surface area contributed by atoms with Crippen LogP contribution in [0.5, 0.6) is 0 Å². The molecule has 1 aromatic heterocycles. The lowest BCUT2D eigenvalue weighted by molar-refractivity contribution is 0.0557. The number of nitrogens with zero attached hydrogens (tertiary/aromatic N) is 3. The molecule has 2 rings (SSSR count). The minimum absolute atomic E-state index is 0.000558. The molecule has 0 spiro atoms. The van der Waals surface area contributed by atoms with Gasteiger partial charge in [0.1, 0.15) is 6.33 Å². The maximum atomic E-state index is 12.4. The normalized spacial score (nSPS) is 24.0. The Kier molecular flexibility index (Phi) is 4.25. The Balaban J connectivity index is 2.10. The lowest BCUT2D eigenvalue weighted by Crippen LogP contribution is -2.49. The molecule has 5 nitrogen and oxygen atoms in total. The molecule has 0 radical (unpaired) electrons. The van der Waals surface area contributed by atoms with E-state index in [0.717, 1.165) is 25.8 Å². The molecule has 1 aromatic rings. The molecule has 5 heteroatoms. The molecule has 0 saturated carbocycles. The zero-order chi connectivity index (χ0) is 13.0. The highest BCUT2D eigenvalue weighted by Crippen LogP contribution is 2.25. The summed E-state index contributed by atoms with van der Waals surface area (Å²) in [6, 6.07) is 0.149. The van der Waals surface area contributed by atoms with E-state index in [1.807, 2.05) is 4.90 Å². The summed E-state index contributed by atoms with van der Waals surface area (Å²) in [5, 5.41) is 0. The molecule has 98 valence electrons. The summed E-state index contributed by atoms with van der Waals surface area (Å²) in [6.45, 7) is 3.50. The van der Waals surface area contributed by atoms with Crippen molar-refractivity contribution < 1.29 is 4.79 Å². The first-order valence-corrected chi connectivity index (χ1v) is 6.52. The number of hydrogen-bond donors (Lipinski definition) is 1. The molecule has 1 aliphatic heterocycles. The second-order valence-corrected chi connectivity index (χ2v) is 4.81. The summed E-state index contributed by atoms with van der Waals surface area (Å²) >= 11 is 0. The van der Waals surface area contributed by atoms with E-state index in [2.05, 4.69) is 16.9 Å². The molecule has 1 amide bonds. The Morgan fingerprint density at radius 2 is 2.22 bits per heavy atom. The summed E-state index contributed by atoms with van der Waals surface area (Å²) < 4.78 is 0. The summed E-state index contributed by atoms with van der Waals surface area (Å²) in [7, 11) is 0. The number of amides is 1. The van der Waals surface area contributed by atoms with Gasteiger partial charge in [-0.2, -0.15) is 0 Å². The van der Waals surface area contributed by atoms with Gasteiger partial charge in [0.15, 0.2) is 0 Å². The molecule has 2 heterocycles. The smallest absolute Gasteiger partial charge is 0.257 e. The number of carbonyl (C=O) groups excluding carboxylic acids is 1. The molecule has 0 aromatic carbocycles. The molecule has 18 heavy (non-hydrogen) atoms. The van der Waals surface area contributed by atoms with Gasteiger partial charge in [-0.05, 0) is 18.8 Å². The predicted octanol–water partition coefficient (Wildman–Crippen LogP) is 1.07. The van der Waals surface area contributed by atoms with Crippen LogP contribution >= 0.6 is 0 Å². The van der Waals surface area contributed by atoms with Gasteiger partial charge in [-0.25, -0.2) is 9.97 Å². The summed E-state index contributed by atoms with van der Waals surface area (Å²) in [4.78, 5) is 22.0. The fraction of sp³-hybridized carbons (Fsp3) is 0.615. The number of aromatic nitrogens is 2. The third kappa shape index (κ3) is 2.67. The van der Waals surface area contributed by atoms with Crippen LogP contribution in [0.15, 0.2) is 18.7 Å². The van der Waals surface area contributed by atoms with Gasteiger partial charge in [0.05, 0.1) is 5.56 Å². The highest BCUT2D eigenvalue weighted by molar-refractivity contribution is 5.93. The first kappa shape index (κ1) is 13.0. The van der Waals surface area contributed by atoms with Gasteiger partial charge >= 0.3 is 0 Å². The highest BCUT2D eigenvalue weighted by Gasteiger charge is 2.30. The van der Waals surface area contributed by atoms with Crippen molar-refractivity contribution in [2.45, 2.75) is 32.2 Å². The maximum absolute atomic E-state index is 12.4. The minimum atomic E-state index is 0.000558. The van der Waals surface area contributed by atoms with E-state index in [9.17, 15) is 4.79 Å². The number of carbonyl (C=O) groups is 1. The third-order valence-corrected chi connectivity index (χ3v) is 3.74. The van der Waals surface area contributed by atoms with E-state index >= 15 is 0 Å². The molecular formula is C13H20N4O. The molecule has 1 fully saturated rings. The predicted molar refractivity (Wildman–Crippen MR) is 68.9 cm³/mol. The second kappa shape index (κ2) is 5.91. The van der Waals surface area contributed by atoms with Crippen molar-refractivity contribution in [2.75, 3.05) is 13.1 Å². The molecule has 0 bridgehead atoms. The molecule has 1 aliphatic rings. The highest BCUT2D eigenvalue weighted by atomic mass is 16.2. The molecule has 1 saturated heterocycles. The van der Waals surface area contributed by atoms with Crippen LogP contribution < -0.4 is 5.73 Å². The molecule has 2 N–H and O–H groups in total. The minimum Gasteiger partial charge on any atom is -0.334 e. The molecule has 2 unspecified atom stereocenters. The Morgan fingerprint density at radius 3 is 2.83 bits per heavy atom. The molecular weight excluding hydrogens is 228 g/mol. The Hall–Kier alpha value is -1.49. The monoisotopic (exact) mass is 248 g/mol. The van der Waals surface area contributed by atoms with Crippen LogP contribution in [0.3, 0.4) is 0 Å². The Bertz CT molecular complexity index is 395. The van der Waals surface area contributed by atoms with E-state index in [-0.39, 0.29) is 11.9 Å². The van der Waals surface area contributed by atoms with Gasteiger partial charge < -0.3 is 10.6 Å². The number of likely N-dealkylation sites (tertiary alicyclic amines) is 1. The maximum Gasteiger partial charge on any atom is 0.257 e. The van der Waals surface area contributed by atoms with Gasteiger partial charge in [-0.15, -0.1) is 0 Å². The van der Waals surface area contributed by atoms with Gasteiger partial charge in [0, 0.05) is 31.5 Å². The zero-order valence-electron chi connectivity index (χ0n) is 10.7. The largest absolute Gasteiger partial charge is 0.334 e. The van der Waals surface area contributed by atoms with E-state index in [1.54, 1.807) is 12.4 Å². The van der Waals surface area contributed by atoms with Crippen LogP contribution in [0.1, 0.15) is 36.5 Å².